The molecule has 0 radical (unpaired) electrons. The highest BCUT2D eigenvalue weighted by Crippen LogP contribution is 2.29. The van der Waals surface area contributed by atoms with Crippen LogP contribution in [-0.2, 0) is 6.54 Å². The van der Waals surface area contributed by atoms with Gasteiger partial charge in [-0.25, -0.2) is 4.98 Å². The molecule has 18 heavy (non-hydrogen) atoms. The molecule has 2 N–H and O–H groups in total. The molecule has 3 heteroatoms. The van der Waals surface area contributed by atoms with Gasteiger partial charge in [0.2, 0.25) is 0 Å². The van der Waals surface area contributed by atoms with Crippen LogP contribution in [0.4, 0.5) is 5.82 Å². The number of rotatable bonds is 2. The summed E-state index contributed by atoms with van der Waals surface area (Å²) in [6.45, 7) is 2.81. The van der Waals surface area contributed by atoms with Gasteiger partial charge >= 0.3 is 0 Å². The summed E-state index contributed by atoms with van der Waals surface area (Å²) < 4.78 is 0. The first-order valence-electron chi connectivity index (χ1n) is 6.72. The van der Waals surface area contributed by atoms with Crippen LogP contribution in [0.1, 0.15) is 24.8 Å². The van der Waals surface area contributed by atoms with E-state index in [-0.39, 0.29) is 0 Å². The van der Waals surface area contributed by atoms with Gasteiger partial charge in [-0.2, -0.15) is 0 Å². The van der Waals surface area contributed by atoms with Gasteiger partial charge in [-0.1, -0.05) is 18.2 Å². The third kappa shape index (κ3) is 1.95. The predicted octanol–water partition coefficient (Wildman–Crippen LogP) is 2.68. The van der Waals surface area contributed by atoms with E-state index in [1.807, 2.05) is 6.20 Å². The molecular weight excluding hydrogens is 222 g/mol. The average Bonchev–Trinajstić information content (AvgIpc) is 2.47. The Hall–Kier alpha value is -1.61. The Balaban J connectivity index is 2.15. The zero-order valence-corrected chi connectivity index (χ0v) is 10.6. The summed E-state index contributed by atoms with van der Waals surface area (Å²) in [6, 6.07) is 8.40. The van der Waals surface area contributed by atoms with E-state index >= 15 is 0 Å². The molecule has 1 saturated heterocycles. The van der Waals surface area contributed by atoms with Crippen LogP contribution in [0.2, 0.25) is 0 Å². The maximum atomic E-state index is 5.87. The van der Waals surface area contributed by atoms with Crippen LogP contribution >= 0.6 is 0 Å². The van der Waals surface area contributed by atoms with Crippen LogP contribution < -0.4 is 10.6 Å². The minimum atomic E-state index is 0.573. The average molecular weight is 241 g/mol. The molecule has 0 aliphatic carbocycles. The molecule has 94 valence electrons. The van der Waals surface area contributed by atoms with Crippen molar-refractivity contribution in [2.45, 2.75) is 25.8 Å². The number of anilines is 1. The molecule has 0 unspecified atom stereocenters. The van der Waals surface area contributed by atoms with Crippen molar-refractivity contribution in [2.24, 2.45) is 5.73 Å². The molecule has 1 aliphatic heterocycles. The topological polar surface area (TPSA) is 42.1 Å². The monoisotopic (exact) mass is 241 g/mol. The lowest BCUT2D eigenvalue weighted by molar-refractivity contribution is 0.575. The molecule has 2 aromatic rings. The summed E-state index contributed by atoms with van der Waals surface area (Å²) in [5.41, 5.74) is 7.06. The Morgan fingerprint density at radius 3 is 2.72 bits per heavy atom. The summed E-state index contributed by atoms with van der Waals surface area (Å²) >= 11 is 0. The molecule has 0 spiro atoms. The van der Waals surface area contributed by atoms with Gasteiger partial charge in [-0.3, -0.25) is 0 Å². The van der Waals surface area contributed by atoms with Gasteiger partial charge in [-0.15, -0.1) is 0 Å². The van der Waals surface area contributed by atoms with E-state index in [0.29, 0.717) is 6.54 Å². The molecule has 0 saturated carbocycles. The SMILES string of the molecule is NCc1cccc2ccnc(N3CCCCC3)c12. The number of aromatic nitrogens is 1. The highest BCUT2D eigenvalue weighted by molar-refractivity contribution is 5.95. The van der Waals surface area contributed by atoms with Crippen LogP contribution in [-0.4, -0.2) is 18.1 Å². The minimum absolute atomic E-state index is 0.573. The van der Waals surface area contributed by atoms with Crippen molar-refractivity contribution in [1.82, 2.24) is 4.98 Å². The Bertz CT molecular complexity index is 539. The van der Waals surface area contributed by atoms with E-state index in [2.05, 4.69) is 34.1 Å². The highest BCUT2D eigenvalue weighted by Gasteiger charge is 2.16. The summed E-state index contributed by atoms with van der Waals surface area (Å²) in [5.74, 6) is 1.12. The normalized spacial score (nSPS) is 16.2. The molecule has 1 aliphatic rings. The third-order valence-electron chi connectivity index (χ3n) is 3.73. The van der Waals surface area contributed by atoms with Crippen LogP contribution in [0.25, 0.3) is 10.8 Å². The van der Waals surface area contributed by atoms with Gasteiger partial charge in [-0.05, 0) is 36.3 Å². The lowest BCUT2D eigenvalue weighted by Crippen LogP contribution is -2.30. The standard InChI is InChI=1S/C15H19N3/c16-11-13-6-4-5-12-7-8-17-15(14(12)13)18-9-2-1-3-10-18/h4-8H,1-3,9-11,16H2. The van der Waals surface area contributed by atoms with Gasteiger partial charge in [0.05, 0.1) is 0 Å². The fraction of sp³-hybridized carbons (Fsp3) is 0.400. The second-order valence-electron chi connectivity index (χ2n) is 4.90. The van der Waals surface area contributed by atoms with Gasteiger partial charge < -0.3 is 10.6 Å². The number of fused-ring (bicyclic) bond motifs is 1. The Labute approximate surface area is 108 Å². The fourth-order valence-electron chi connectivity index (χ4n) is 2.80. The smallest absolute Gasteiger partial charge is 0.136 e. The summed E-state index contributed by atoms with van der Waals surface area (Å²) in [5, 5.41) is 2.48. The summed E-state index contributed by atoms with van der Waals surface area (Å²) in [7, 11) is 0. The zero-order valence-electron chi connectivity index (χ0n) is 10.6. The molecule has 1 fully saturated rings. The maximum Gasteiger partial charge on any atom is 0.136 e. The van der Waals surface area contributed by atoms with Gasteiger partial charge in [0.1, 0.15) is 5.82 Å². The molecule has 2 heterocycles. The highest BCUT2D eigenvalue weighted by atomic mass is 15.2. The van der Waals surface area contributed by atoms with Crippen molar-refractivity contribution in [1.29, 1.82) is 0 Å². The van der Waals surface area contributed by atoms with Gasteiger partial charge in [0.15, 0.2) is 0 Å². The Morgan fingerprint density at radius 1 is 1.11 bits per heavy atom. The molecule has 0 amide bonds. The van der Waals surface area contributed by atoms with Crippen molar-refractivity contribution in [3.8, 4) is 0 Å². The quantitative estimate of drug-likeness (QED) is 0.879. The predicted molar refractivity (Wildman–Crippen MR) is 75.7 cm³/mol. The number of pyridine rings is 1. The zero-order chi connectivity index (χ0) is 12.4. The van der Waals surface area contributed by atoms with E-state index in [0.717, 1.165) is 18.9 Å². The van der Waals surface area contributed by atoms with Crippen molar-refractivity contribution in [3.63, 3.8) is 0 Å². The van der Waals surface area contributed by atoms with Crippen molar-refractivity contribution in [3.05, 3.63) is 36.0 Å². The number of benzene rings is 1. The second kappa shape index (κ2) is 4.94. The Kier molecular flexibility index (Phi) is 3.15. The van der Waals surface area contributed by atoms with E-state index < -0.39 is 0 Å². The van der Waals surface area contributed by atoms with Gasteiger partial charge in [0, 0.05) is 31.2 Å². The number of piperidine rings is 1. The molecule has 0 atom stereocenters. The molecule has 1 aromatic heterocycles. The minimum Gasteiger partial charge on any atom is -0.356 e. The van der Waals surface area contributed by atoms with Crippen molar-refractivity contribution >= 4 is 16.6 Å². The molecular formula is C15H19N3. The third-order valence-corrected chi connectivity index (χ3v) is 3.73. The number of nitrogens with zero attached hydrogens (tertiary/aromatic N) is 2. The fourth-order valence-corrected chi connectivity index (χ4v) is 2.80. The van der Waals surface area contributed by atoms with Crippen LogP contribution in [0, 0.1) is 0 Å². The van der Waals surface area contributed by atoms with E-state index in [9.17, 15) is 0 Å². The van der Waals surface area contributed by atoms with Crippen molar-refractivity contribution < 1.29 is 0 Å². The first-order chi connectivity index (χ1) is 8.90. The molecule has 0 bridgehead atoms. The van der Waals surface area contributed by atoms with Gasteiger partial charge in [0.25, 0.3) is 0 Å². The number of nitrogens with two attached hydrogens (primary N) is 1. The maximum absolute atomic E-state index is 5.87. The Morgan fingerprint density at radius 2 is 1.94 bits per heavy atom. The van der Waals surface area contributed by atoms with Crippen LogP contribution in [0.5, 0.6) is 0 Å². The summed E-state index contributed by atoms with van der Waals surface area (Å²) in [6.07, 6.45) is 5.78. The molecule has 3 rings (SSSR count). The first kappa shape index (κ1) is 11.5. The largest absolute Gasteiger partial charge is 0.356 e. The van der Waals surface area contributed by atoms with Crippen LogP contribution in [0.3, 0.4) is 0 Å². The van der Waals surface area contributed by atoms with E-state index in [1.165, 1.54) is 35.6 Å². The van der Waals surface area contributed by atoms with Crippen LogP contribution in [0.15, 0.2) is 30.5 Å². The van der Waals surface area contributed by atoms with Crippen molar-refractivity contribution in [2.75, 3.05) is 18.0 Å². The number of hydrogen-bond acceptors (Lipinski definition) is 3. The lowest BCUT2D eigenvalue weighted by atomic mass is 10.0. The summed E-state index contributed by atoms with van der Waals surface area (Å²) in [4.78, 5) is 7.02. The van der Waals surface area contributed by atoms with E-state index in [4.69, 9.17) is 5.73 Å². The van der Waals surface area contributed by atoms with E-state index in [1.54, 1.807) is 0 Å². The first-order valence-corrected chi connectivity index (χ1v) is 6.72. The lowest BCUT2D eigenvalue weighted by Gasteiger charge is -2.29. The second-order valence-corrected chi connectivity index (χ2v) is 4.90. The molecule has 1 aromatic carbocycles. The molecule has 3 nitrogen and oxygen atoms in total. The number of hydrogen-bond donors (Lipinski definition) is 1.